The Morgan fingerprint density at radius 1 is 1.03 bits per heavy atom. The molecule has 0 unspecified atom stereocenters. The van der Waals surface area contributed by atoms with Gasteiger partial charge in [0.2, 0.25) is 5.91 Å². The van der Waals surface area contributed by atoms with Crippen molar-refractivity contribution in [2.24, 2.45) is 0 Å². The van der Waals surface area contributed by atoms with E-state index < -0.39 is 29.2 Å². The van der Waals surface area contributed by atoms with Gasteiger partial charge in [0.05, 0.1) is 16.9 Å². The van der Waals surface area contributed by atoms with Gasteiger partial charge in [0.1, 0.15) is 6.04 Å². The molecule has 2 aromatic carbocycles. The number of para-hydroxylation sites is 1. The van der Waals surface area contributed by atoms with Gasteiger partial charge in [-0.05, 0) is 24.6 Å². The van der Waals surface area contributed by atoms with E-state index in [4.69, 9.17) is 0 Å². The molecular formula is C21H18F3N3O2. The van der Waals surface area contributed by atoms with Gasteiger partial charge in [0.15, 0.2) is 0 Å². The summed E-state index contributed by atoms with van der Waals surface area (Å²) < 4.78 is 40.6. The van der Waals surface area contributed by atoms with Crippen molar-refractivity contribution >= 4 is 11.6 Å². The largest absolute Gasteiger partial charge is 0.418 e. The molecular weight excluding hydrogens is 383 g/mol. The highest BCUT2D eigenvalue weighted by Gasteiger charge is 2.34. The summed E-state index contributed by atoms with van der Waals surface area (Å²) in [6.45, 7) is 1.66. The molecule has 0 fully saturated rings. The molecule has 0 saturated heterocycles. The van der Waals surface area contributed by atoms with Gasteiger partial charge in [-0.3, -0.25) is 9.59 Å². The van der Waals surface area contributed by atoms with Gasteiger partial charge < -0.3 is 5.32 Å². The number of benzene rings is 2. The number of aromatic nitrogens is 2. The van der Waals surface area contributed by atoms with Crippen LogP contribution in [0.25, 0.3) is 11.3 Å². The zero-order valence-corrected chi connectivity index (χ0v) is 15.5. The molecule has 1 N–H and O–H groups in total. The van der Waals surface area contributed by atoms with E-state index in [1.54, 1.807) is 19.1 Å². The predicted octanol–water partition coefficient (Wildman–Crippen LogP) is 4.52. The SMILES string of the molecule is CC[C@@H](C(=O)Nc1ccccc1C(F)(F)F)n1nc(-c2ccccc2)ccc1=O. The summed E-state index contributed by atoms with van der Waals surface area (Å²) in [4.78, 5) is 25.1. The van der Waals surface area contributed by atoms with E-state index in [0.29, 0.717) is 5.69 Å². The molecule has 3 aromatic rings. The quantitative estimate of drug-likeness (QED) is 0.684. The van der Waals surface area contributed by atoms with Crippen LogP contribution in [-0.4, -0.2) is 15.7 Å². The summed E-state index contributed by atoms with van der Waals surface area (Å²) in [5.74, 6) is -0.746. The monoisotopic (exact) mass is 401 g/mol. The van der Waals surface area contributed by atoms with Crippen molar-refractivity contribution in [3.8, 4) is 11.3 Å². The minimum Gasteiger partial charge on any atom is -0.324 e. The Balaban J connectivity index is 1.95. The van der Waals surface area contributed by atoms with Gasteiger partial charge in [-0.15, -0.1) is 0 Å². The second kappa shape index (κ2) is 8.30. The van der Waals surface area contributed by atoms with Crippen LogP contribution in [0, 0.1) is 0 Å². The van der Waals surface area contributed by atoms with Crippen molar-refractivity contribution in [2.75, 3.05) is 5.32 Å². The lowest BCUT2D eigenvalue weighted by molar-refractivity contribution is -0.137. The maximum atomic E-state index is 13.2. The highest BCUT2D eigenvalue weighted by Crippen LogP contribution is 2.34. The van der Waals surface area contributed by atoms with E-state index in [1.165, 1.54) is 30.3 Å². The molecule has 0 aliphatic rings. The van der Waals surface area contributed by atoms with Gasteiger partial charge >= 0.3 is 6.18 Å². The minimum absolute atomic E-state index is 0.172. The van der Waals surface area contributed by atoms with Crippen LogP contribution in [0.3, 0.4) is 0 Å². The maximum absolute atomic E-state index is 13.2. The number of nitrogens with zero attached hydrogens (tertiary/aromatic N) is 2. The van der Waals surface area contributed by atoms with Crippen LogP contribution < -0.4 is 10.9 Å². The summed E-state index contributed by atoms with van der Waals surface area (Å²) in [7, 11) is 0. The summed E-state index contributed by atoms with van der Waals surface area (Å²) in [5.41, 5.74) is -0.612. The standard InChI is InChI=1S/C21H18F3N3O2/c1-2-18(20(29)25-17-11-7-6-10-15(17)21(22,23)24)27-19(28)13-12-16(26-27)14-8-4-3-5-9-14/h3-13,18H,2H2,1H3,(H,25,29)/t18-/m0/s1. The Kier molecular flexibility index (Phi) is 5.81. The number of carbonyl (C=O) groups excluding carboxylic acids is 1. The van der Waals surface area contributed by atoms with Crippen LogP contribution in [0.15, 0.2) is 71.5 Å². The van der Waals surface area contributed by atoms with Gasteiger partial charge in [-0.1, -0.05) is 49.4 Å². The highest BCUT2D eigenvalue weighted by atomic mass is 19.4. The molecule has 5 nitrogen and oxygen atoms in total. The molecule has 0 aliphatic carbocycles. The molecule has 1 heterocycles. The van der Waals surface area contributed by atoms with Crippen molar-refractivity contribution in [3.05, 3.63) is 82.6 Å². The van der Waals surface area contributed by atoms with E-state index in [-0.39, 0.29) is 12.1 Å². The average Bonchev–Trinajstić information content (AvgIpc) is 2.70. The number of rotatable bonds is 5. The first-order valence-electron chi connectivity index (χ1n) is 8.93. The molecule has 0 radical (unpaired) electrons. The van der Waals surface area contributed by atoms with E-state index in [0.717, 1.165) is 16.3 Å². The smallest absolute Gasteiger partial charge is 0.324 e. The normalized spacial score (nSPS) is 12.4. The van der Waals surface area contributed by atoms with Crippen molar-refractivity contribution < 1.29 is 18.0 Å². The third kappa shape index (κ3) is 4.53. The number of halogens is 3. The van der Waals surface area contributed by atoms with Crippen molar-refractivity contribution in [1.82, 2.24) is 9.78 Å². The van der Waals surface area contributed by atoms with E-state index in [9.17, 15) is 22.8 Å². The molecule has 0 saturated carbocycles. The fourth-order valence-corrected chi connectivity index (χ4v) is 2.94. The Morgan fingerprint density at radius 3 is 2.34 bits per heavy atom. The van der Waals surface area contributed by atoms with E-state index >= 15 is 0 Å². The molecule has 1 amide bonds. The van der Waals surface area contributed by atoms with Gasteiger partial charge in [-0.2, -0.15) is 18.3 Å². The van der Waals surface area contributed by atoms with Crippen LogP contribution >= 0.6 is 0 Å². The maximum Gasteiger partial charge on any atom is 0.418 e. The van der Waals surface area contributed by atoms with Gasteiger partial charge in [0.25, 0.3) is 5.56 Å². The number of hydrogen-bond acceptors (Lipinski definition) is 3. The predicted molar refractivity (Wildman–Crippen MR) is 103 cm³/mol. The molecule has 0 bridgehead atoms. The number of hydrogen-bond donors (Lipinski definition) is 1. The van der Waals surface area contributed by atoms with Crippen LogP contribution in [0.1, 0.15) is 24.9 Å². The summed E-state index contributed by atoms with van der Waals surface area (Å²) >= 11 is 0. The van der Waals surface area contributed by atoms with Crippen molar-refractivity contribution in [2.45, 2.75) is 25.6 Å². The number of alkyl halides is 3. The fraction of sp³-hybridized carbons (Fsp3) is 0.190. The Labute approximate surface area is 164 Å². The lowest BCUT2D eigenvalue weighted by Gasteiger charge is -2.19. The lowest BCUT2D eigenvalue weighted by atomic mass is 10.1. The second-order valence-electron chi connectivity index (χ2n) is 6.32. The minimum atomic E-state index is -4.62. The van der Waals surface area contributed by atoms with Crippen LogP contribution in [0.2, 0.25) is 0 Å². The van der Waals surface area contributed by atoms with E-state index in [1.807, 2.05) is 18.2 Å². The lowest BCUT2D eigenvalue weighted by Crippen LogP contribution is -2.35. The van der Waals surface area contributed by atoms with Gasteiger partial charge in [-0.25, -0.2) is 4.68 Å². The first-order valence-corrected chi connectivity index (χ1v) is 8.93. The number of carbonyl (C=O) groups is 1. The van der Waals surface area contributed by atoms with Crippen LogP contribution in [-0.2, 0) is 11.0 Å². The molecule has 8 heteroatoms. The zero-order chi connectivity index (χ0) is 21.0. The van der Waals surface area contributed by atoms with Crippen molar-refractivity contribution in [3.63, 3.8) is 0 Å². The highest BCUT2D eigenvalue weighted by molar-refractivity contribution is 5.94. The number of nitrogens with one attached hydrogen (secondary N) is 1. The summed E-state index contributed by atoms with van der Waals surface area (Å²) in [6, 6.07) is 15.5. The topological polar surface area (TPSA) is 64.0 Å². The third-order valence-electron chi connectivity index (χ3n) is 4.37. The van der Waals surface area contributed by atoms with E-state index in [2.05, 4.69) is 10.4 Å². The third-order valence-corrected chi connectivity index (χ3v) is 4.37. The van der Waals surface area contributed by atoms with Gasteiger partial charge in [0, 0.05) is 11.6 Å². The fourth-order valence-electron chi connectivity index (χ4n) is 2.94. The zero-order valence-electron chi connectivity index (χ0n) is 15.5. The molecule has 150 valence electrons. The Bertz CT molecular complexity index is 1060. The molecule has 29 heavy (non-hydrogen) atoms. The van der Waals surface area contributed by atoms with Crippen molar-refractivity contribution in [1.29, 1.82) is 0 Å². The molecule has 1 atom stereocenters. The number of anilines is 1. The summed E-state index contributed by atoms with van der Waals surface area (Å²) in [6.07, 6.45) is -4.45. The second-order valence-corrected chi connectivity index (χ2v) is 6.32. The van der Waals surface area contributed by atoms with Crippen LogP contribution in [0.5, 0.6) is 0 Å². The Hall–Kier alpha value is -3.42. The first kappa shape index (κ1) is 20.3. The Morgan fingerprint density at radius 2 is 1.69 bits per heavy atom. The number of amides is 1. The molecule has 3 rings (SSSR count). The summed E-state index contributed by atoms with van der Waals surface area (Å²) in [5, 5.41) is 6.56. The van der Waals surface area contributed by atoms with Crippen LogP contribution in [0.4, 0.5) is 18.9 Å². The molecule has 0 spiro atoms. The molecule has 0 aliphatic heterocycles. The molecule has 1 aromatic heterocycles. The average molecular weight is 401 g/mol. The first-order chi connectivity index (χ1) is 13.8.